The summed E-state index contributed by atoms with van der Waals surface area (Å²) in [5.74, 6) is -1.86. The number of nitro benzene ring substituents is 1. The zero-order chi connectivity index (χ0) is 27.6. The van der Waals surface area contributed by atoms with Gasteiger partial charge in [0, 0.05) is 24.7 Å². The van der Waals surface area contributed by atoms with E-state index >= 15 is 0 Å². The molecule has 8 heteroatoms. The summed E-state index contributed by atoms with van der Waals surface area (Å²) in [6.07, 6.45) is 6.29. The third kappa shape index (κ3) is 7.72. The number of rotatable bonds is 11. The van der Waals surface area contributed by atoms with Crippen LogP contribution in [0.5, 0.6) is 0 Å². The molecule has 39 heavy (non-hydrogen) atoms. The van der Waals surface area contributed by atoms with Crippen molar-refractivity contribution < 1.29 is 18.9 Å². The van der Waals surface area contributed by atoms with Gasteiger partial charge in [0.2, 0.25) is 5.91 Å². The van der Waals surface area contributed by atoms with E-state index in [1.807, 2.05) is 60.7 Å². The summed E-state index contributed by atoms with van der Waals surface area (Å²) in [6.45, 7) is 0.155. The van der Waals surface area contributed by atoms with E-state index in [1.54, 1.807) is 0 Å². The number of halogens is 1. The van der Waals surface area contributed by atoms with Crippen molar-refractivity contribution in [3.05, 3.63) is 111 Å². The van der Waals surface area contributed by atoms with E-state index in [9.17, 15) is 24.1 Å². The predicted octanol–water partition coefficient (Wildman–Crippen LogP) is 5.87. The van der Waals surface area contributed by atoms with Crippen molar-refractivity contribution in [2.24, 2.45) is 0 Å². The molecule has 0 aromatic heterocycles. The summed E-state index contributed by atoms with van der Waals surface area (Å²) in [4.78, 5) is 39.8. The summed E-state index contributed by atoms with van der Waals surface area (Å²) >= 11 is 0. The smallest absolute Gasteiger partial charge is 0.270 e. The molecule has 1 N–H and O–H groups in total. The van der Waals surface area contributed by atoms with Gasteiger partial charge in [-0.3, -0.25) is 19.7 Å². The van der Waals surface area contributed by atoms with Crippen LogP contribution >= 0.6 is 0 Å². The normalized spacial score (nSPS) is 14.4. The minimum absolute atomic E-state index is 0.0334. The van der Waals surface area contributed by atoms with E-state index in [0.29, 0.717) is 19.3 Å². The van der Waals surface area contributed by atoms with Crippen molar-refractivity contribution >= 4 is 17.5 Å². The molecule has 0 aliphatic heterocycles. The third-order valence-corrected chi connectivity index (χ3v) is 7.32. The van der Waals surface area contributed by atoms with E-state index in [-0.39, 0.29) is 24.2 Å². The lowest BCUT2D eigenvalue weighted by Crippen LogP contribution is -2.53. The molecule has 0 radical (unpaired) electrons. The van der Waals surface area contributed by atoms with Crippen molar-refractivity contribution in [3.63, 3.8) is 0 Å². The Morgan fingerprint density at radius 2 is 1.54 bits per heavy atom. The Bertz CT molecular complexity index is 1260. The fourth-order valence-corrected chi connectivity index (χ4v) is 5.16. The van der Waals surface area contributed by atoms with Crippen LogP contribution in [0.1, 0.15) is 60.0 Å². The molecule has 1 saturated carbocycles. The predicted molar refractivity (Wildman–Crippen MR) is 148 cm³/mol. The molecule has 7 nitrogen and oxygen atoms in total. The van der Waals surface area contributed by atoms with Gasteiger partial charge in [-0.15, -0.1) is 0 Å². The molecule has 4 rings (SSSR count). The van der Waals surface area contributed by atoms with E-state index in [4.69, 9.17) is 0 Å². The highest BCUT2D eigenvalue weighted by atomic mass is 19.1. The second kappa shape index (κ2) is 13.6. The van der Waals surface area contributed by atoms with Gasteiger partial charge in [0.05, 0.1) is 10.5 Å². The van der Waals surface area contributed by atoms with Crippen molar-refractivity contribution in [2.45, 2.75) is 63.5 Å². The molecule has 0 heterocycles. The summed E-state index contributed by atoms with van der Waals surface area (Å²) in [5.41, 5.74) is 1.19. The monoisotopic (exact) mass is 531 g/mol. The van der Waals surface area contributed by atoms with Crippen LogP contribution in [0.3, 0.4) is 0 Å². The van der Waals surface area contributed by atoms with Crippen LogP contribution in [0, 0.1) is 15.9 Å². The van der Waals surface area contributed by atoms with Gasteiger partial charge in [-0.25, -0.2) is 4.39 Å². The number of benzene rings is 3. The summed E-state index contributed by atoms with van der Waals surface area (Å²) in [6, 6.07) is 21.3. The molecule has 2 amide bonds. The molecule has 3 aromatic carbocycles. The fourth-order valence-electron chi connectivity index (χ4n) is 5.16. The van der Waals surface area contributed by atoms with Crippen LogP contribution in [-0.2, 0) is 17.6 Å². The second-order valence-electron chi connectivity index (χ2n) is 10.0. The molecule has 1 atom stereocenters. The van der Waals surface area contributed by atoms with Gasteiger partial charge in [0.1, 0.15) is 11.9 Å². The Kier molecular flexibility index (Phi) is 9.78. The quantitative estimate of drug-likeness (QED) is 0.247. The molecule has 0 bridgehead atoms. The maximum Gasteiger partial charge on any atom is 0.270 e. The summed E-state index contributed by atoms with van der Waals surface area (Å²) < 4.78 is 14.9. The third-order valence-electron chi connectivity index (χ3n) is 7.32. The lowest BCUT2D eigenvalue weighted by Gasteiger charge is -2.33. The molecule has 3 aromatic rings. The summed E-state index contributed by atoms with van der Waals surface area (Å²) in [5, 5.41) is 14.5. The maximum absolute atomic E-state index is 14.9. The number of hydrogen-bond acceptors (Lipinski definition) is 4. The first-order chi connectivity index (χ1) is 18.9. The average Bonchev–Trinajstić information content (AvgIpc) is 2.96. The number of carbonyl (C=O) groups is 2. The maximum atomic E-state index is 14.9. The number of nitrogens with one attached hydrogen (secondary N) is 1. The first kappa shape index (κ1) is 28.0. The molecule has 0 spiro atoms. The van der Waals surface area contributed by atoms with Gasteiger partial charge in [-0.05, 0) is 49.3 Å². The van der Waals surface area contributed by atoms with Crippen LogP contribution < -0.4 is 5.32 Å². The first-order valence-electron chi connectivity index (χ1n) is 13.6. The molecule has 1 unspecified atom stereocenters. The van der Waals surface area contributed by atoms with E-state index < -0.39 is 28.3 Å². The van der Waals surface area contributed by atoms with Crippen LogP contribution in [-0.4, -0.2) is 40.3 Å². The number of nitro groups is 1. The van der Waals surface area contributed by atoms with Crippen molar-refractivity contribution in [3.8, 4) is 0 Å². The Balaban J connectivity index is 1.67. The van der Waals surface area contributed by atoms with Crippen LogP contribution in [0.25, 0.3) is 0 Å². The van der Waals surface area contributed by atoms with Crippen LogP contribution in [0.2, 0.25) is 0 Å². The highest BCUT2D eigenvalue weighted by Crippen LogP contribution is 2.23. The Labute approximate surface area is 228 Å². The van der Waals surface area contributed by atoms with Crippen molar-refractivity contribution in [2.75, 3.05) is 6.54 Å². The summed E-state index contributed by atoms with van der Waals surface area (Å²) in [7, 11) is 0. The molecule has 1 aliphatic rings. The van der Waals surface area contributed by atoms with Gasteiger partial charge < -0.3 is 10.2 Å². The fraction of sp³-hybridized carbons (Fsp3) is 0.355. The van der Waals surface area contributed by atoms with Gasteiger partial charge in [0.25, 0.3) is 11.6 Å². The Morgan fingerprint density at radius 3 is 2.15 bits per heavy atom. The number of aryl methyl sites for hydroxylation is 1. The zero-order valence-corrected chi connectivity index (χ0v) is 21.9. The molecular weight excluding hydrogens is 497 g/mol. The number of carbonyl (C=O) groups excluding carboxylic acids is 2. The zero-order valence-electron chi connectivity index (χ0n) is 21.9. The number of amides is 2. The highest BCUT2D eigenvalue weighted by molar-refractivity contribution is 5.98. The number of hydrogen-bond donors (Lipinski definition) is 1. The second-order valence-corrected chi connectivity index (χ2v) is 10.0. The SMILES string of the molecule is O=C(NC1CCCCC1)C(CCc1ccccc1)N(CCc1ccccc1)C(=O)c1cc([N+](=O)[O-])ccc1F. The Hall–Kier alpha value is -4.07. The van der Waals surface area contributed by atoms with Gasteiger partial charge in [-0.1, -0.05) is 79.9 Å². The standard InChI is InChI=1S/C31H34FN3O4/c32-28-18-17-26(35(38)39)22-27(28)31(37)34(21-20-24-12-6-2-7-13-24)29(19-16-23-10-4-1-5-11-23)30(36)33-25-14-8-3-9-15-25/h1-2,4-7,10-13,17-18,22,25,29H,3,8-9,14-16,19-21H2,(H,33,36). The van der Waals surface area contributed by atoms with Crippen molar-refractivity contribution in [1.29, 1.82) is 0 Å². The molecule has 1 aliphatic carbocycles. The van der Waals surface area contributed by atoms with Crippen LogP contribution in [0.15, 0.2) is 78.9 Å². The van der Waals surface area contributed by atoms with E-state index in [2.05, 4.69) is 5.32 Å². The average molecular weight is 532 g/mol. The lowest BCUT2D eigenvalue weighted by molar-refractivity contribution is -0.384. The van der Waals surface area contributed by atoms with Crippen molar-refractivity contribution in [1.82, 2.24) is 10.2 Å². The number of non-ortho nitro benzene ring substituents is 1. The highest BCUT2D eigenvalue weighted by Gasteiger charge is 2.33. The minimum atomic E-state index is -0.873. The molecule has 0 saturated heterocycles. The largest absolute Gasteiger partial charge is 0.352 e. The minimum Gasteiger partial charge on any atom is -0.352 e. The molecule has 1 fully saturated rings. The molecular formula is C31H34FN3O4. The van der Waals surface area contributed by atoms with Crippen LogP contribution in [0.4, 0.5) is 10.1 Å². The van der Waals surface area contributed by atoms with Gasteiger partial charge in [-0.2, -0.15) is 0 Å². The lowest BCUT2D eigenvalue weighted by atomic mass is 9.94. The molecule has 204 valence electrons. The number of nitrogens with zero attached hydrogens (tertiary/aromatic N) is 2. The van der Waals surface area contributed by atoms with Gasteiger partial charge in [0.15, 0.2) is 0 Å². The first-order valence-corrected chi connectivity index (χ1v) is 13.6. The van der Waals surface area contributed by atoms with E-state index in [1.165, 1.54) is 4.90 Å². The Morgan fingerprint density at radius 1 is 0.923 bits per heavy atom. The topological polar surface area (TPSA) is 92.6 Å². The van der Waals surface area contributed by atoms with Gasteiger partial charge >= 0.3 is 0 Å². The van der Waals surface area contributed by atoms with E-state index in [0.717, 1.165) is 61.4 Å².